The van der Waals surface area contributed by atoms with Gasteiger partial charge in [0.25, 0.3) is 0 Å². The summed E-state index contributed by atoms with van der Waals surface area (Å²) in [5.74, 6) is 1.24. The number of nitrogens with zero attached hydrogens (tertiary/aromatic N) is 5. The number of carbonyl (C=O) groups is 1. The molecule has 0 saturated carbocycles. The molecule has 2 aromatic heterocycles. The zero-order valence-corrected chi connectivity index (χ0v) is 19.8. The van der Waals surface area contributed by atoms with Crippen LogP contribution in [0.25, 0.3) is 0 Å². The molecule has 1 saturated heterocycles. The molecule has 1 unspecified atom stereocenters. The Morgan fingerprint density at radius 3 is 2.88 bits per heavy atom. The van der Waals surface area contributed by atoms with Gasteiger partial charge in [-0.25, -0.2) is 24.2 Å². The Labute approximate surface area is 200 Å². The number of aryl methyl sites for hydroxylation is 1. The van der Waals surface area contributed by atoms with Gasteiger partial charge in [0.2, 0.25) is 11.3 Å². The summed E-state index contributed by atoms with van der Waals surface area (Å²) in [7, 11) is 0. The van der Waals surface area contributed by atoms with E-state index in [-0.39, 0.29) is 0 Å². The van der Waals surface area contributed by atoms with Crippen molar-refractivity contribution >= 4 is 40.9 Å². The number of aliphatic imine (C=N–C) groups is 1. The Hall–Kier alpha value is -2.96. The van der Waals surface area contributed by atoms with Crippen molar-refractivity contribution in [1.29, 1.82) is 0 Å². The number of pyridine rings is 1. The monoisotopic (exact) mass is 487 g/mol. The van der Waals surface area contributed by atoms with Crippen LogP contribution >= 0.6 is 0 Å². The van der Waals surface area contributed by atoms with Crippen molar-refractivity contribution in [2.24, 2.45) is 4.99 Å². The molecule has 11 nitrogen and oxygen atoms in total. The van der Waals surface area contributed by atoms with Crippen LogP contribution in [0.15, 0.2) is 23.5 Å². The Morgan fingerprint density at radius 2 is 2.18 bits per heavy atom. The lowest BCUT2D eigenvalue weighted by atomic mass is 9.92. The van der Waals surface area contributed by atoms with Gasteiger partial charge >= 0.3 is 5.97 Å². The van der Waals surface area contributed by atoms with Gasteiger partial charge in [-0.3, -0.25) is 9.35 Å². The molecule has 2 aromatic rings. The summed E-state index contributed by atoms with van der Waals surface area (Å²) in [4.78, 5) is 31.3. The van der Waals surface area contributed by atoms with Gasteiger partial charge in [0.05, 0.1) is 0 Å². The predicted octanol–water partition coefficient (Wildman–Crippen LogP) is 2.06. The van der Waals surface area contributed by atoms with Crippen LogP contribution in [0.1, 0.15) is 48.9 Å². The van der Waals surface area contributed by atoms with Gasteiger partial charge in [0.1, 0.15) is 18.0 Å². The number of carboxylic acid groups (broad SMARTS) is 1. The van der Waals surface area contributed by atoms with Crippen molar-refractivity contribution in [3.05, 3.63) is 35.3 Å². The molecule has 0 aromatic carbocycles. The molecule has 12 heteroatoms. The summed E-state index contributed by atoms with van der Waals surface area (Å²) >= 11 is -2.48. The summed E-state index contributed by atoms with van der Waals surface area (Å²) < 4.78 is 21.9. The standard InChI is InChI=1S/C22H29N7O4S/c1-2-16-20(24-12-18(22(30)31)28-34(32)33)25-13-26-21(16)29-10-7-14(8-11-29)17-6-5-15-4-3-9-23-19(15)27-17/h5-6,12-14,18,28H,2-4,7-11H2,1H3,(H,23,27)(H,30,31)(H,32,33)/t18-/m1/s1. The minimum atomic E-state index is -2.48. The highest BCUT2D eigenvalue weighted by Crippen LogP contribution is 2.33. The number of aromatic nitrogens is 3. The third kappa shape index (κ3) is 5.57. The average molecular weight is 488 g/mol. The Balaban J connectivity index is 1.47. The molecule has 0 spiro atoms. The smallest absolute Gasteiger partial charge is 0.327 e. The first-order valence-corrected chi connectivity index (χ1v) is 12.5. The first-order chi connectivity index (χ1) is 16.5. The van der Waals surface area contributed by atoms with Gasteiger partial charge < -0.3 is 15.3 Å². The second-order valence-corrected chi connectivity index (χ2v) is 9.08. The van der Waals surface area contributed by atoms with E-state index in [1.807, 2.05) is 11.6 Å². The van der Waals surface area contributed by atoms with Gasteiger partial charge in [-0.05, 0) is 43.7 Å². The number of hydrogen-bond acceptors (Lipinski definition) is 8. The number of nitrogens with one attached hydrogen (secondary N) is 2. The van der Waals surface area contributed by atoms with Gasteiger partial charge in [-0.1, -0.05) is 13.0 Å². The van der Waals surface area contributed by atoms with Crippen LogP contribution in [0.5, 0.6) is 0 Å². The summed E-state index contributed by atoms with van der Waals surface area (Å²) in [5, 5.41) is 12.6. The summed E-state index contributed by atoms with van der Waals surface area (Å²) in [5.41, 5.74) is 3.23. The highest BCUT2D eigenvalue weighted by atomic mass is 32.2. The molecular formula is C22H29N7O4S. The number of rotatable bonds is 8. The van der Waals surface area contributed by atoms with Crippen LogP contribution in [0, 0.1) is 0 Å². The number of aliphatic carboxylic acids is 1. The van der Waals surface area contributed by atoms with Crippen LogP contribution < -0.4 is 14.9 Å². The molecule has 2 aliphatic rings. The largest absolute Gasteiger partial charge is 0.480 e. The molecule has 1 fully saturated rings. The van der Waals surface area contributed by atoms with Gasteiger partial charge in [0.15, 0.2) is 11.9 Å². The van der Waals surface area contributed by atoms with E-state index in [0.29, 0.717) is 18.2 Å². The normalized spacial score (nSPS) is 18.4. The summed E-state index contributed by atoms with van der Waals surface area (Å²) in [6.45, 7) is 4.56. The number of fused-ring (bicyclic) bond motifs is 1. The van der Waals surface area contributed by atoms with Crippen molar-refractivity contribution in [2.45, 2.75) is 51.0 Å². The molecule has 2 atom stereocenters. The predicted molar refractivity (Wildman–Crippen MR) is 130 cm³/mol. The number of piperidine rings is 1. The third-order valence-electron chi connectivity index (χ3n) is 6.22. The molecule has 182 valence electrons. The van der Waals surface area contributed by atoms with Crippen LogP contribution in [0.3, 0.4) is 0 Å². The lowest BCUT2D eigenvalue weighted by Crippen LogP contribution is -2.38. The minimum Gasteiger partial charge on any atom is -0.480 e. The van der Waals surface area contributed by atoms with E-state index in [9.17, 15) is 14.1 Å². The summed E-state index contributed by atoms with van der Waals surface area (Å²) in [6, 6.07) is 2.95. The lowest BCUT2D eigenvalue weighted by Gasteiger charge is -2.34. The van der Waals surface area contributed by atoms with Crippen LogP contribution in [0.4, 0.5) is 17.5 Å². The SMILES string of the molecule is CCc1c(N=C[C@@H](NS(=O)O)C(=O)O)ncnc1N1CCC(c2ccc3c(n2)NCCC3)CC1. The molecule has 4 rings (SSSR count). The van der Waals surface area contributed by atoms with E-state index < -0.39 is 23.3 Å². The van der Waals surface area contributed by atoms with Crippen molar-refractivity contribution in [1.82, 2.24) is 19.7 Å². The topological polar surface area (TPSA) is 153 Å². The number of hydrogen-bond donors (Lipinski definition) is 4. The molecule has 4 heterocycles. The molecule has 0 radical (unpaired) electrons. The average Bonchev–Trinajstić information content (AvgIpc) is 2.85. The molecule has 0 bridgehead atoms. The van der Waals surface area contributed by atoms with E-state index in [2.05, 4.69) is 37.3 Å². The molecule has 0 aliphatic carbocycles. The van der Waals surface area contributed by atoms with Crippen molar-refractivity contribution in [3.63, 3.8) is 0 Å². The second-order valence-electron chi connectivity index (χ2n) is 8.35. The maximum Gasteiger partial charge on any atom is 0.327 e. The van der Waals surface area contributed by atoms with Crippen molar-refractivity contribution in [3.8, 4) is 0 Å². The van der Waals surface area contributed by atoms with Gasteiger partial charge in [-0.15, -0.1) is 0 Å². The van der Waals surface area contributed by atoms with Crippen molar-refractivity contribution in [2.75, 3.05) is 29.9 Å². The minimum absolute atomic E-state index is 0.355. The van der Waals surface area contributed by atoms with E-state index in [4.69, 9.17) is 9.54 Å². The zero-order valence-electron chi connectivity index (χ0n) is 19.0. The Morgan fingerprint density at radius 1 is 1.38 bits per heavy atom. The molecular weight excluding hydrogens is 458 g/mol. The molecule has 2 aliphatic heterocycles. The second kappa shape index (κ2) is 11.0. The van der Waals surface area contributed by atoms with Gasteiger partial charge in [-0.2, -0.15) is 4.72 Å². The quantitative estimate of drug-likeness (QED) is 0.324. The van der Waals surface area contributed by atoms with Crippen LogP contribution in [-0.2, 0) is 28.9 Å². The zero-order chi connectivity index (χ0) is 24.1. The fourth-order valence-electron chi connectivity index (χ4n) is 4.45. The summed E-state index contributed by atoms with van der Waals surface area (Å²) in [6.07, 6.45) is 7.22. The Bertz CT molecular complexity index is 1090. The third-order valence-corrected chi connectivity index (χ3v) is 6.68. The van der Waals surface area contributed by atoms with Crippen LogP contribution in [0.2, 0.25) is 0 Å². The fraction of sp³-hybridized carbons (Fsp3) is 0.500. The van der Waals surface area contributed by atoms with Crippen LogP contribution in [-0.4, -0.2) is 66.7 Å². The van der Waals surface area contributed by atoms with Crippen molar-refractivity contribution < 1.29 is 18.7 Å². The molecule has 0 amide bonds. The Kier molecular flexibility index (Phi) is 7.80. The van der Waals surface area contributed by atoms with E-state index in [0.717, 1.165) is 74.4 Å². The van der Waals surface area contributed by atoms with Gasteiger partial charge in [0, 0.05) is 43.0 Å². The first-order valence-electron chi connectivity index (χ1n) is 11.4. The fourth-order valence-corrected chi connectivity index (χ4v) is 4.83. The molecule has 4 N–H and O–H groups in total. The van der Waals surface area contributed by atoms with E-state index in [1.165, 1.54) is 11.9 Å². The van der Waals surface area contributed by atoms with E-state index in [1.54, 1.807) is 0 Å². The highest BCUT2D eigenvalue weighted by molar-refractivity contribution is 7.77. The maximum atomic E-state index is 11.3. The highest BCUT2D eigenvalue weighted by Gasteiger charge is 2.26. The number of anilines is 2. The number of carboxylic acids is 1. The first kappa shape index (κ1) is 24.2. The molecule has 34 heavy (non-hydrogen) atoms. The van der Waals surface area contributed by atoms with E-state index >= 15 is 0 Å². The maximum absolute atomic E-state index is 11.3. The lowest BCUT2D eigenvalue weighted by molar-refractivity contribution is -0.137.